The zero-order valence-corrected chi connectivity index (χ0v) is 19.4. The van der Waals surface area contributed by atoms with Crippen molar-refractivity contribution in [3.63, 3.8) is 0 Å². The summed E-state index contributed by atoms with van der Waals surface area (Å²) in [6, 6.07) is 8.27. The van der Waals surface area contributed by atoms with Crippen LogP contribution < -0.4 is 5.32 Å². The molecule has 0 aliphatic rings. The fourth-order valence-corrected chi connectivity index (χ4v) is 3.84. The minimum atomic E-state index is -0.114. The number of benzene rings is 1. The summed E-state index contributed by atoms with van der Waals surface area (Å²) in [4.78, 5) is 29.4. The molecule has 0 bridgehead atoms. The van der Waals surface area contributed by atoms with Crippen LogP contribution in [0.5, 0.6) is 0 Å². The van der Waals surface area contributed by atoms with Crippen molar-refractivity contribution in [1.29, 1.82) is 0 Å². The van der Waals surface area contributed by atoms with Gasteiger partial charge in [0, 0.05) is 24.7 Å². The number of imidazole rings is 2. The van der Waals surface area contributed by atoms with Gasteiger partial charge < -0.3 is 14.9 Å². The zero-order valence-electron chi connectivity index (χ0n) is 19.4. The molecule has 3 aromatic heterocycles. The monoisotopic (exact) mass is 430 g/mol. The number of hydrogen-bond acceptors (Lipinski definition) is 4. The zero-order chi connectivity index (χ0) is 22.8. The molecule has 0 atom stereocenters. The van der Waals surface area contributed by atoms with E-state index in [2.05, 4.69) is 65.7 Å². The van der Waals surface area contributed by atoms with Crippen molar-refractivity contribution in [3.8, 4) is 0 Å². The lowest BCUT2D eigenvalue weighted by Gasteiger charge is -2.08. The van der Waals surface area contributed by atoms with Crippen molar-refractivity contribution in [2.45, 2.75) is 47.6 Å². The second-order valence-corrected chi connectivity index (χ2v) is 8.67. The molecule has 0 aliphatic heterocycles. The van der Waals surface area contributed by atoms with Gasteiger partial charge in [-0.15, -0.1) is 0 Å². The second-order valence-electron chi connectivity index (χ2n) is 8.67. The minimum Gasteiger partial charge on any atom is -0.352 e. The van der Waals surface area contributed by atoms with Crippen molar-refractivity contribution in [3.05, 3.63) is 58.8 Å². The summed E-state index contributed by atoms with van der Waals surface area (Å²) in [5, 5.41) is 2.87. The Kier molecular flexibility index (Phi) is 6.08. The molecular weight excluding hydrogens is 400 g/mol. The van der Waals surface area contributed by atoms with Gasteiger partial charge in [-0.05, 0) is 55.2 Å². The van der Waals surface area contributed by atoms with Gasteiger partial charge in [0.2, 0.25) is 5.91 Å². The topological polar surface area (TPSA) is 88.5 Å². The van der Waals surface area contributed by atoms with E-state index in [1.807, 2.05) is 13.0 Å². The second kappa shape index (κ2) is 8.94. The van der Waals surface area contributed by atoms with E-state index in [-0.39, 0.29) is 5.91 Å². The van der Waals surface area contributed by atoms with E-state index in [1.165, 1.54) is 6.08 Å². The molecular formula is C25H30N6O. The van der Waals surface area contributed by atoms with E-state index in [0.717, 1.165) is 51.3 Å². The number of aromatic amines is 1. The van der Waals surface area contributed by atoms with Crippen molar-refractivity contribution < 1.29 is 4.79 Å². The highest BCUT2D eigenvalue weighted by Crippen LogP contribution is 2.22. The highest BCUT2D eigenvalue weighted by atomic mass is 16.1. The summed E-state index contributed by atoms with van der Waals surface area (Å²) in [6.07, 6.45) is 4.07. The van der Waals surface area contributed by atoms with Crippen LogP contribution in [0.1, 0.15) is 49.2 Å². The van der Waals surface area contributed by atoms with Gasteiger partial charge in [-0.3, -0.25) is 4.79 Å². The molecule has 0 aliphatic carbocycles. The number of nitrogens with zero attached hydrogens (tertiary/aromatic N) is 4. The molecule has 4 rings (SSSR count). The Morgan fingerprint density at radius 3 is 2.75 bits per heavy atom. The molecule has 0 unspecified atom stereocenters. The third kappa shape index (κ3) is 4.56. The first-order valence-corrected chi connectivity index (χ1v) is 11.1. The maximum Gasteiger partial charge on any atom is 0.244 e. The Morgan fingerprint density at radius 2 is 2.00 bits per heavy atom. The number of amides is 1. The number of nitrogens with one attached hydrogen (secondary N) is 2. The van der Waals surface area contributed by atoms with E-state index in [0.29, 0.717) is 24.8 Å². The number of H-pyrrole nitrogens is 1. The van der Waals surface area contributed by atoms with E-state index >= 15 is 0 Å². The van der Waals surface area contributed by atoms with Crippen LogP contribution in [-0.4, -0.2) is 37.0 Å². The van der Waals surface area contributed by atoms with Crippen LogP contribution >= 0.6 is 0 Å². The summed E-state index contributed by atoms with van der Waals surface area (Å²) in [5.74, 6) is 1.99. The molecule has 7 heteroatoms. The Hall–Kier alpha value is -3.48. The average molecular weight is 431 g/mol. The molecule has 0 saturated carbocycles. The van der Waals surface area contributed by atoms with Crippen LogP contribution in [0.2, 0.25) is 0 Å². The lowest BCUT2D eigenvalue weighted by Crippen LogP contribution is -2.25. The Morgan fingerprint density at radius 1 is 1.19 bits per heavy atom. The van der Waals surface area contributed by atoms with Crippen molar-refractivity contribution in [1.82, 2.24) is 29.8 Å². The van der Waals surface area contributed by atoms with Gasteiger partial charge in [-0.1, -0.05) is 26.8 Å². The maximum absolute atomic E-state index is 11.9. The number of carbonyl (C=O) groups is 1. The average Bonchev–Trinajstić information content (AvgIpc) is 3.31. The van der Waals surface area contributed by atoms with Crippen LogP contribution in [-0.2, 0) is 17.8 Å². The molecule has 0 spiro atoms. The molecule has 0 radical (unpaired) electrons. The Balaban J connectivity index is 1.60. The molecule has 4 aromatic rings. The van der Waals surface area contributed by atoms with Gasteiger partial charge in [0.25, 0.3) is 0 Å². The Bertz CT molecular complexity index is 1310. The smallest absolute Gasteiger partial charge is 0.244 e. The number of pyridine rings is 1. The highest BCUT2D eigenvalue weighted by molar-refractivity contribution is 5.91. The lowest BCUT2D eigenvalue weighted by molar-refractivity contribution is -0.116. The molecule has 2 N–H and O–H groups in total. The van der Waals surface area contributed by atoms with Gasteiger partial charge in [-0.2, -0.15) is 0 Å². The first-order chi connectivity index (χ1) is 15.3. The van der Waals surface area contributed by atoms with E-state index in [1.54, 1.807) is 6.08 Å². The molecule has 1 aromatic carbocycles. The standard InChI is InChI=1S/C25H30N6O/c1-6-22-30-24-16(4)11-17(5)27-25(24)31(22)14-18-7-8-19-20(12-18)29-21(28-19)9-10-23(32)26-13-15(2)3/h7-12,15H,6,13-14H2,1-5H3,(H,26,32)(H,28,29)/b10-9+. The number of aryl methyl sites for hydroxylation is 3. The van der Waals surface area contributed by atoms with Gasteiger partial charge >= 0.3 is 0 Å². The summed E-state index contributed by atoms with van der Waals surface area (Å²) < 4.78 is 2.20. The normalized spacial score (nSPS) is 11.9. The van der Waals surface area contributed by atoms with E-state index in [9.17, 15) is 4.79 Å². The SMILES string of the molecule is CCc1nc2c(C)cc(C)nc2n1Cc1ccc2nc(/C=C/C(=O)NCC(C)C)[nH]c2c1. The maximum atomic E-state index is 11.9. The fourth-order valence-electron chi connectivity index (χ4n) is 3.84. The predicted octanol–water partition coefficient (Wildman–Crippen LogP) is 4.32. The van der Waals surface area contributed by atoms with Crippen molar-refractivity contribution in [2.75, 3.05) is 6.54 Å². The van der Waals surface area contributed by atoms with Crippen LogP contribution in [0.4, 0.5) is 0 Å². The minimum absolute atomic E-state index is 0.114. The number of aromatic nitrogens is 5. The van der Waals surface area contributed by atoms with Gasteiger partial charge in [0.1, 0.15) is 17.2 Å². The highest BCUT2D eigenvalue weighted by Gasteiger charge is 2.14. The molecule has 1 amide bonds. The first-order valence-electron chi connectivity index (χ1n) is 11.1. The molecule has 0 saturated heterocycles. The third-order valence-electron chi connectivity index (χ3n) is 5.40. The molecule has 3 heterocycles. The fraction of sp³-hybridized carbons (Fsp3) is 0.360. The van der Waals surface area contributed by atoms with Gasteiger partial charge in [0.15, 0.2) is 5.65 Å². The number of fused-ring (bicyclic) bond motifs is 2. The number of rotatable bonds is 7. The quantitative estimate of drug-likeness (QED) is 0.427. The van der Waals surface area contributed by atoms with Gasteiger partial charge in [-0.25, -0.2) is 15.0 Å². The predicted molar refractivity (Wildman–Crippen MR) is 128 cm³/mol. The van der Waals surface area contributed by atoms with Crippen molar-refractivity contribution >= 4 is 34.2 Å². The van der Waals surface area contributed by atoms with Crippen LogP contribution in [0.15, 0.2) is 30.3 Å². The van der Waals surface area contributed by atoms with Crippen molar-refractivity contribution in [2.24, 2.45) is 5.92 Å². The van der Waals surface area contributed by atoms with Gasteiger partial charge in [0.05, 0.1) is 17.6 Å². The first kappa shape index (κ1) is 21.7. The number of carbonyl (C=O) groups excluding carboxylic acids is 1. The molecule has 0 fully saturated rings. The van der Waals surface area contributed by atoms with Crippen LogP contribution in [0, 0.1) is 19.8 Å². The molecule has 166 valence electrons. The third-order valence-corrected chi connectivity index (χ3v) is 5.40. The largest absolute Gasteiger partial charge is 0.352 e. The van der Waals surface area contributed by atoms with Crippen LogP contribution in [0.25, 0.3) is 28.3 Å². The summed E-state index contributed by atoms with van der Waals surface area (Å²) >= 11 is 0. The van der Waals surface area contributed by atoms with Crippen LogP contribution in [0.3, 0.4) is 0 Å². The molecule has 32 heavy (non-hydrogen) atoms. The molecule has 7 nitrogen and oxygen atoms in total. The van der Waals surface area contributed by atoms with E-state index in [4.69, 9.17) is 9.97 Å². The number of hydrogen-bond donors (Lipinski definition) is 2. The van der Waals surface area contributed by atoms with E-state index < -0.39 is 0 Å². The summed E-state index contributed by atoms with van der Waals surface area (Å²) in [5.41, 5.74) is 7.00. The summed E-state index contributed by atoms with van der Waals surface area (Å²) in [6.45, 7) is 11.7. The summed E-state index contributed by atoms with van der Waals surface area (Å²) in [7, 11) is 0. The lowest BCUT2D eigenvalue weighted by atomic mass is 10.2. The Labute approximate surface area is 188 Å².